The molecule has 0 amide bonds. The van der Waals surface area contributed by atoms with Gasteiger partial charge in [-0.15, -0.1) is 11.3 Å². The maximum absolute atomic E-state index is 10.8. The number of pyridine rings is 2. The fourth-order valence-electron chi connectivity index (χ4n) is 4.40. The van der Waals surface area contributed by atoms with E-state index in [2.05, 4.69) is 52.8 Å². The number of aromatic hydroxyl groups is 1. The van der Waals surface area contributed by atoms with E-state index >= 15 is 0 Å². The quantitative estimate of drug-likeness (QED) is 0.297. The summed E-state index contributed by atoms with van der Waals surface area (Å²) in [5.41, 5.74) is 13.4. The predicted octanol–water partition coefficient (Wildman–Crippen LogP) is 7.01. The van der Waals surface area contributed by atoms with Crippen molar-refractivity contribution in [2.24, 2.45) is 5.73 Å². The first-order valence-corrected chi connectivity index (χ1v) is 11.9. The maximum Gasteiger partial charge on any atom is 0.220 e. The summed E-state index contributed by atoms with van der Waals surface area (Å²) in [5.74, 6) is -0.0215. The van der Waals surface area contributed by atoms with Gasteiger partial charge in [0.25, 0.3) is 0 Å². The van der Waals surface area contributed by atoms with Crippen molar-refractivity contribution in [1.82, 2.24) is 9.97 Å². The number of rotatable bonds is 4. The lowest BCUT2D eigenvalue weighted by Crippen LogP contribution is -1.97. The van der Waals surface area contributed by atoms with Gasteiger partial charge in [-0.05, 0) is 34.0 Å². The van der Waals surface area contributed by atoms with Crippen LogP contribution in [0.2, 0.25) is 0 Å². The number of benzene rings is 3. The molecule has 0 bridgehead atoms. The fraction of sp³-hybridized carbons (Fsp3) is 0.0345. The third kappa shape index (κ3) is 3.43. The van der Waals surface area contributed by atoms with Gasteiger partial charge in [-0.1, -0.05) is 72.8 Å². The van der Waals surface area contributed by atoms with Crippen molar-refractivity contribution in [2.45, 2.75) is 6.54 Å². The second-order valence-corrected chi connectivity index (χ2v) is 9.10. The number of thiophene rings is 1. The Morgan fingerprint density at radius 3 is 2.41 bits per heavy atom. The second-order valence-electron chi connectivity index (χ2n) is 8.19. The van der Waals surface area contributed by atoms with Gasteiger partial charge in [0.1, 0.15) is 0 Å². The van der Waals surface area contributed by atoms with Crippen LogP contribution >= 0.6 is 11.3 Å². The third-order valence-electron chi connectivity index (χ3n) is 6.15. The second kappa shape index (κ2) is 8.37. The van der Waals surface area contributed by atoms with E-state index in [0.717, 1.165) is 44.6 Å². The van der Waals surface area contributed by atoms with Crippen molar-refractivity contribution < 1.29 is 5.11 Å². The number of nitrogens with two attached hydrogens (primary N) is 1. The Balaban J connectivity index is 1.68. The summed E-state index contributed by atoms with van der Waals surface area (Å²) in [7, 11) is 0. The van der Waals surface area contributed by atoms with Crippen molar-refractivity contribution >= 4 is 32.3 Å². The molecule has 0 aliphatic rings. The van der Waals surface area contributed by atoms with E-state index in [9.17, 15) is 5.11 Å². The minimum absolute atomic E-state index is 0.0215. The van der Waals surface area contributed by atoms with Crippen molar-refractivity contribution in [3.8, 4) is 39.4 Å². The number of nitrogens with zero attached hydrogens (tertiary/aromatic N) is 2. The molecule has 4 nitrogen and oxygen atoms in total. The van der Waals surface area contributed by atoms with E-state index in [1.165, 1.54) is 10.1 Å². The molecule has 0 radical (unpaired) electrons. The molecular formula is C29H21N3OS. The molecule has 0 aliphatic carbocycles. The minimum atomic E-state index is -0.0215. The molecule has 0 unspecified atom stereocenters. The van der Waals surface area contributed by atoms with Crippen molar-refractivity contribution in [3.63, 3.8) is 0 Å². The van der Waals surface area contributed by atoms with Gasteiger partial charge in [0.2, 0.25) is 5.88 Å². The molecule has 3 N–H and O–H groups in total. The molecule has 0 fully saturated rings. The molecule has 6 rings (SSSR count). The van der Waals surface area contributed by atoms with Gasteiger partial charge in [-0.25, -0.2) is 9.97 Å². The average Bonchev–Trinajstić information content (AvgIpc) is 3.38. The zero-order valence-electron chi connectivity index (χ0n) is 18.3. The van der Waals surface area contributed by atoms with E-state index in [-0.39, 0.29) is 5.88 Å². The number of fused-ring (bicyclic) bond motifs is 2. The third-order valence-corrected chi connectivity index (χ3v) is 7.11. The van der Waals surface area contributed by atoms with Crippen LogP contribution in [-0.2, 0) is 6.54 Å². The Bertz CT molecular complexity index is 1640. The summed E-state index contributed by atoms with van der Waals surface area (Å²) in [5, 5.41) is 14.7. The highest BCUT2D eigenvalue weighted by molar-refractivity contribution is 7.17. The van der Waals surface area contributed by atoms with E-state index in [0.29, 0.717) is 11.9 Å². The molecule has 0 atom stereocenters. The molecule has 3 heterocycles. The van der Waals surface area contributed by atoms with Crippen LogP contribution in [0.15, 0.2) is 96.5 Å². The van der Waals surface area contributed by atoms with Gasteiger partial charge in [-0.2, -0.15) is 0 Å². The Morgan fingerprint density at radius 1 is 0.794 bits per heavy atom. The van der Waals surface area contributed by atoms with E-state index in [4.69, 9.17) is 10.7 Å². The van der Waals surface area contributed by atoms with Crippen molar-refractivity contribution in [3.05, 3.63) is 102 Å². The van der Waals surface area contributed by atoms with Crippen molar-refractivity contribution in [1.29, 1.82) is 0 Å². The van der Waals surface area contributed by atoms with E-state index in [1.54, 1.807) is 17.5 Å². The first-order chi connectivity index (χ1) is 16.7. The smallest absolute Gasteiger partial charge is 0.220 e. The topological polar surface area (TPSA) is 72.0 Å². The van der Waals surface area contributed by atoms with Crippen LogP contribution in [0.1, 0.15) is 5.56 Å². The predicted molar refractivity (Wildman–Crippen MR) is 141 cm³/mol. The van der Waals surface area contributed by atoms with Gasteiger partial charge < -0.3 is 10.8 Å². The highest BCUT2D eigenvalue weighted by Crippen LogP contribution is 2.41. The van der Waals surface area contributed by atoms with Crippen LogP contribution in [0.5, 0.6) is 5.88 Å². The molecule has 0 aliphatic heterocycles. The van der Waals surface area contributed by atoms with Gasteiger partial charge in [0, 0.05) is 39.7 Å². The largest absolute Gasteiger partial charge is 0.493 e. The van der Waals surface area contributed by atoms with E-state index < -0.39 is 0 Å². The van der Waals surface area contributed by atoms with Crippen LogP contribution in [0.25, 0.3) is 54.5 Å². The Labute approximate surface area is 201 Å². The lowest BCUT2D eigenvalue weighted by atomic mass is 9.95. The minimum Gasteiger partial charge on any atom is -0.493 e. The zero-order valence-corrected chi connectivity index (χ0v) is 19.1. The highest BCUT2D eigenvalue weighted by Gasteiger charge is 2.18. The van der Waals surface area contributed by atoms with Crippen LogP contribution in [0, 0.1) is 0 Å². The summed E-state index contributed by atoms with van der Waals surface area (Å²) in [6, 6.07) is 28.7. The summed E-state index contributed by atoms with van der Waals surface area (Å²) in [6.45, 7) is 0.492. The molecule has 6 aromatic rings. The molecule has 0 saturated heterocycles. The maximum atomic E-state index is 10.8. The first kappa shape index (κ1) is 20.5. The molecule has 5 heteroatoms. The van der Waals surface area contributed by atoms with Gasteiger partial charge in [0.05, 0.1) is 16.6 Å². The Morgan fingerprint density at radius 2 is 1.62 bits per heavy atom. The molecule has 0 spiro atoms. The fourth-order valence-corrected chi connectivity index (χ4v) is 5.33. The molecule has 3 aromatic heterocycles. The van der Waals surface area contributed by atoms with Crippen molar-refractivity contribution in [2.75, 3.05) is 0 Å². The van der Waals surface area contributed by atoms with E-state index in [1.807, 2.05) is 42.5 Å². The molecule has 0 saturated carbocycles. The molecule has 164 valence electrons. The summed E-state index contributed by atoms with van der Waals surface area (Å²) in [6.07, 6.45) is 1.72. The van der Waals surface area contributed by atoms with Crippen LogP contribution in [-0.4, -0.2) is 15.1 Å². The summed E-state index contributed by atoms with van der Waals surface area (Å²) in [4.78, 5) is 9.52. The zero-order chi connectivity index (χ0) is 23.1. The SMILES string of the molecule is NCc1ccc(-c2nc3c(-c4cccc5ccsc45)cnc(O)c3cc2-c2ccccc2)cc1. The lowest BCUT2D eigenvalue weighted by molar-refractivity contribution is 0.460. The standard InChI is InChI=1S/C29H21N3OS/c30-16-18-9-11-20(12-10-18)26-23(19-5-2-1-3-6-19)15-24-27(32-26)25(17-31-29(24)33)22-8-4-7-21-13-14-34-28(21)22/h1-15,17H,16,30H2,(H,31,33). The summed E-state index contributed by atoms with van der Waals surface area (Å²) >= 11 is 1.70. The average molecular weight is 460 g/mol. The van der Waals surface area contributed by atoms with Crippen LogP contribution in [0.3, 0.4) is 0 Å². The molecule has 34 heavy (non-hydrogen) atoms. The van der Waals surface area contributed by atoms with Gasteiger partial charge >= 0.3 is 0 Å². The first-order valence-electron chi connectivity index (χ1n) is 11.1. The summed E-state index contributed by atoms with van der Waals surface area (Å²) < 4.78 is 1.18. The van der Waals surface area contributed by atoms with Gasteiger partial charge in [0.15, 0.2) is 0 Å². The molecule has 3 aromatic carbocycles. The van der Waals surface area contributed by atoms with Crippen LogP contribution < -0.4 is 5.73 Å². The highest BCUT2D eigenvalue weighted by atomic mass is 32.1. The van der Waals surface area contributed by atoms with Gasteiger partial charge in [-0.3, -0.25) is 0 Å². The number of hydrogen-bond acceptors (Lipinski definition) is 5. The normalized spacial score (nSPS) is 11.3. The van der Waals surface area contributed by atoms with Crippen LogP contribution in [0.4, 0.5) is 0 Å². The monoisotopic (exact) mass is 459 g/mol. The Hall–Kier alpha value is -4.06. The number of aromatic nitrogens is 2. The lowest BCUT2D eigenvalue weighted by Gasteiger charge is -2.15. The Kier molecular flexibility index (Phi) is 5.06. The molecular weight excluding hydrogens is 438 g/mol. The number of hydrogen-bond donors (Lipinski definition) is 2.